The number of rotatable bonds is 9. The second kappa shape index (κ2) is 12.4. The van der Waals surface area contributed by atoms with Gasteiger partial charge in [0.25, 0.3) is 11.5 Å². The van der Waals surface area contributed by atoms with Crippen molar-refractivity contribution in [1.82, 2.24) is 20.1 Å². The maximum absolute atomic E-state index is 13.8. The van der Waals surface area contributed by atoms with E-state index in [0.717, 1.165) is 11.1 Å². The van der Waals surface area contributed by atoms with Crippen LogP contribution in [0.3, 0.4) is 0 Å². The number of carbonyl (C=O) groups excluding carboxylic acids is 1. The fraction of sp³-hybridized carbons (Fsp3) is 0.0968. The zero-order valence-electron chi connectivity index (χ0n) is 22.3. The Balaban J connectivity index is 1.47. The maximum atomic E-state index is 13.8. The number of hydrogen-bond acceptors (Lipinski definition) is 7. The first-order valence-electron chi connectivity index (χ1n) is 12.7. The number of anilines is 2. The molecule has 5 rings (SSSR count). The third-order valence-electron chi connectivity index (χ3n) is 6.21. The first-order valence-corrected chi connectivity index (χ1v) is 13.0. The van der Waals surface area contributed by atoms with Crippen molar-refractivity contribution in [3.05, 3.63) is 130 Å². The van der Waals surface area contributed by atoms with E-state index >= 15 is 0 Å². The van der Waals surface area contributed by atoms with Crippen LogP contribution in [0.5, 0.6) is 17.2 Å². The smallest absolute Gasteiger partial charge is 0.299 e. The highest BCUT2D eigenvalue weighted by Gasteiger charge is 2.17. The molecule has 0 bridgehead atoms. The van der Waals surface area contributed by atoms with E-state index in [1.807, 2.05) is 19.1 Å². The van der Waals surface area contributed by atoms with Gasteiger partial charge in [0.2, 0.25) is 0 Å². The summed E-state index contributed by atoms with van der Waals surface area (Å²) in [4.78, 5) is 30.6. The number of halogens is 1. The van der Waals surface area contributed by atoms with Crippen molar-refractivity contribution >= 4 is 28.9 Å². The number of benzene rings is 3. The van der Waals surface area contributed by atoms with Crippen molar-refractivity contribution in [3.8, 4) is 22.9 Å². The number of aryl methyl sites for hydroxylation is 1. The van der Waals surface area contributed by atoms with Gasteiger partial charge in [-0.1, -0.05) is 17.7 Å². The molecule has 0 saturated heterocycles. The van der Waals surface area contributed by atoms with E-state index in [1.165, 1.54) is 10.9 Å². The lowest BCUT2D eigenvalue weighted by atomic mass is 10.1. The van der Waals surface area contributed by atoms with E-state index in [9.17, 15) is 9.59 Å². The average Bonchev–Trinajstić information content (AvgIpc) is 3.00. The molecule has 2 heterocycles. The van der Waals surface area contributed by atoms with E-state index in [2.05, 4.69) is 20.7 Å². The Morgan fingerprint density at radius 3 is 2.46 bits per heavy atom. The second-order valence-corrected chi connectivity index (χ2v) is 9.46. The molecule has 3 aromatic carbocycles. The van der Waals surface area contributed by atoms with Gasteiger partial charge in [0.1, 0.15) is 11.5 Å². The molecule has 2 aromatic heterocycles. The summed E-state index contributed by atoms with van der Waals surface area (Å²) in [5, 5.41) is 11.0. The minimum absolute atomic E-state index is 0.137. The Morgan fingerprint density at radius 1 is 0.976 bits per heavy atom. The van der Waals surface area contributed by atoms with Crippen molar-refractivity contribution < 1.29 is 14.3 Å². The van der Waals surface area contributed by atoms with Gasteiger partial charge in [-0.2, -0.15) is 9.78 Å². The van der Waals surface area contributed by atoms with Gasteiger partial charge in [-0.3, -0.25) is 14.6 Å². The Bertz CT molecular complexity index is 1740. The number of aromatic nitrogens is 3. The summed E-state index contributed by atoms with van der Waals surface area (Å²) in [5.74, 6) is 1.08. The molecule has 0 atom stereocenters. The van der Waals surface area contributed by atoms with Crippen molar-refractivity contribution in [2.45, 2.75) is 13.5 Å². The minimum atomic E-state index is -0.453. The summed E-state index contributed by atoms with van der Waals surface area (Å²) in [5.41, 5.74) is 2.91. The minimum Gasteiger partial charge on any atom is -0.497 e. The van der Waals surface area contributed by atoms with Crippen LogP contribution in [-0.2, 0) is 6.54 Å². The SMILES string of the molecule is COc1ccc(-n2ncc(Oc3ccc(Cl)c(C)c3)c(Nc3cccc(C(=O)NCc4ccncc4)c3)c2=O)cc1. The van der Waals surface area contributed by atoms with Gasteiger partial charge in [-0.25, -0.2) is 0 Å². The van der Waals surface area contributed by atoms with Crippen LogP contribution in [0.25, 0.3) is 5.69 Å². The first kappa shape index (κ1) is 27.4. The van der Waals surface area contributed by atoms with E-state index in [-0.39, 0.29) is 17.3 Å². The summed E-state index contributed by atoms with van der Waals surface area (Å²) in [6.07, 6.45) is 4.80. The zero-order valence-corrected chi connectivity index (χ0v) is 23.1. The molecule has 41 heavy (non-hydrogen) atoms. The summed E-state index contributed by atoms with van der Waals surface area (Å²) >= 11 is 6.18. The Morgan fingerprint density at radius 2 is 1.73 bits per heavy atom. The summed E-state index contributed by atoms with van der Waals surface area (Å²) in [6, 6.07) is 22.7. The van der Waals surface area contributed by atoms with Crippen LogP contribution >= 0.6 is 11.6 Å². The van der Waals surface area contributed by atoms with Crippen LogP contribution in [0.15, 0.2) is 102 Å². The van der Waals surface area contributed by atoms with Gasteiger partial charge in [-0.05, 0) is 90.8 Å². The van der Waals surface area contributed by atoms with E-state index in [0.29, 0.717) is 40.0 Å². The van der Waals surface area contributed by atoms with Gasteiger partial charge in [0.15, 0.2) is 11.4 Å². The van der Waals surface area contributed by atoms with Crippen molar-refractivity contribution in [1.29, 1.82) is 0 Å². The molecular formula is C31H26ClN5O4. The molecular weight excluding hydrogens is 542 g/mol. The highest BCUT2D eigenvalue weighted by molar-refractivity contribution is 6.31. The Kier molecular flexibility index (Phi) is 8.26. The Hall–Kier alpha value is -5.15. The third kappa shape index (κ3) is 6.54. The molecule has 0 unspecified atom stereocenters. The summed E-state index contributed by atoms with van der Waals surface area (Å²) < 4.78 is 12.6. The molecule has 0 saturated carbocycles. The summed E-state index contributed by atoms with van der Waals surface area (Å²) in [6.45, 7) is 2.22. The molecule has 10 heteroatoms. The lowest BCUT2D eigenvalue weighted by molar-refractivity contribution is 0.0951. The molecule has 206 valence electrons. The monoisotopic (exact) mass is 567 g/mol. The van der Waals surface area contributed by atoms with Crippen LogP contribution in [0.4, 0.5) is 11.4 Å². The number of methoxy groups -OCH3 is 1. The molecule has 0 radical (unpaired) electrons. The van der Waals surface area contributed by atoms with Crippen LogP contribution in [-0.4, -0.2) is 27.8 Å². The quantitative estimate of drug-likeness (QED) is 0.223. The average molecular weight is 568 g/mol. The predicted molar refractivity (Wildman–Crippen MR) is 158 cm³/mol. The maximum Gasteiger partial charge on any atom is 0.299 e. The number of amides is 1. The molecule has 0 spiro atoms. The van der Waals surface area contributed by atoms with Crippen molar-refractivity contribution in [3.63, 3.8) is 0 Å². The number of carbonyl (C=O) groups is 1. The van der Waals surface area contributed by atoms with Gasteiger partial charge in [0, 0.05) is 35.2 Å². The van der Waals surface area contributed by atoms with E-state index in [4.69, 9.17) is 21.1 Å². The largest absolute Gasteiger partial charge is 0.497 e. The normalized spacial score (nSPS) is 10.6. The predicted octanol–water partition coefficient (Wildman–Crippen LogP) is 6.06. The lowest BCUT2D eigenvalue weighted by Crippen LogP contribution is -2.24. The third-order valence-corrected chi connectivity index (χ3v) is 6.64. The van der Waals surface area contributed by atoms with Gasteiger partial charge in [-0.15, -0.1) is 0 Å². The molecule has 0 aliphatic carbocycles. The van der Waals surface area contributed by atoms with Crippen LogP contribution in [0, 0.1) is 6.92 Å². The summed E-state index contributed by atoms with van der Waals surface area (Å²) in [7, 11) is 1.57. The second-order valence-electron chi connectivity index (χ2n) is 9.06. The standard InChI is InChI=1S/C31H26ClN5O4/c1-20-16-26(10-11-27(20)32)41-28-19-35-37(24-6-8-25(40-2)9-7-24)31(39)29(28)36-23-5-3-4-22(17-23)30(38)34-18-21-12-14-33-15-13-21/h3-17,19,36H,18H2,1-2H3,(H,34,38). The van der Waals surface area contributed by atoms with Crippen molar-refractivity contribution in [2.24, 2.45) is 0 Å². The molecule has 0 aliphatic heterocycles. The molecule has 5 aromatic rings. The number of ether oxygens (including phenoxy) is 2. The lowest BCUT2D eigenvalue weighted by Gasteiger charge is -2.15. The number of nitrogens with zero attached hydrogens (tertiary/aromatic N) is 3. The van der Waals surface area contributed by atoms with Crippen LogP contribution in [0.2, 0.25) is 5.02 Å². The first-order chi connectivity index (χ1) is 19.9. The van der Waals surface area contributed by atoms with Crippen LogP contribution in [0.1, 0.15) is 21.5 Å². The van der Waals surface area contributed by atoms with Gasteiger partial charge in [0.05, 0.1) is 19.0 Å². The topological polar surface area (TPSA) is 107 Å². The van der Waals surface area contributed by atoms with Gasteiger partial charge >= 0.3 is 0 Å². The fourth-order valence-corrected chi connectivity index (χ4v) is 4.13. The number of pyridine rings is 1. The molecule has 9 nitrogen and oxygen atoms in total. The highest BCUT2D eigenvalue weighted by atomic mass is 35.5. The molecule has 1 amide bonds. The van der Waals surface area contributed by atoms with Gasteiger partial charge < -0.3 is 20.1 Å². The molecule has 2 N–H and O–H groups in total. The number of nitrogens with one attached hydrogen (secondary N) is 2. The van der Waals surface area contributed by atoms with E-state index < -0.39 is 5.56 Å². The molecule has 0 fully saturated rings. The van der Waals surface area contributed by atoms with Crippen molar-refractivity contribution in [2.75, 3.05) is 12.4 Å². The fourth-order valence-electron chi connectivity index (χ4n) is 4.01. The highest BCUT2D eigenvalue weighted by Crippen LogP contribution is 2.31. The van der Waals surface area contributed by atoms with E-state index in [1.54, 1.807) is 86.2 Å². The molecule has 0 aliphatic rings. The Labute approximate surface area is 241 Å². The zero-order chi connectivity index (χ0) is 28.8. The number of hydrogen-bond donors (Lipinski definition) is 2. The van der Waals surface area contributed by atoms with Crippen LogP contribution < -0.4 is 25.7 Å².